The number of carbonyl (C=O) groups is 2. The molecule has 22 heavy (non-hydrogen) atoms. The molecule has 0 fully saturated rings. The summed E-state index contributed by atoms with van der Waals surface area (Å²) in [5, 5.41) is 8.76. The van der Waals surface area contributed by atoms with Crippen LogP contribution >= 0.6 is 0 Å². The van der Waals surface area contributed by atoms with Crippen molar-refractivity contribution in [2.75, 3.05) is 6.54 Å². The molecule has 0 radical (unpaired) electrons. The second kappa shape index (κ2) is 8.51. The van der Waals surface area contributed by atoms with Gasteiger partial charge in [-0.15, -0.1) is 0 Å². The summed E-state index contributed by atoms with van der Waals surface area (Å²) in [7, 11) is 0. The van der Waals surface area contributed by atoms with E-state index < -0.39 is 5.97 Å². The fraction of sp³-hybridized carbons (Fsp3) is 0.529. The smallest absolute Gasteiger partial charge is 0.305 e. The van der Waals surface area contributed by atoms with E-state index in [1.54, 1.807) is 11.0 Å². The third kappa shape index (κ3) is 6.24. The van der Waals surface area contributed by atoms with Gasteiger partial charge in [0.2, 0.25) is 5.91 Å². The van der Waals surface area contributed by atoms with Crippen LogP contribution in [0.3, 0.4) is 0 Å². The van der Waals surface area contributed by atoms with E-state index >= 15 is 0 Å². The van der Waals surface area contributed by atoms with Crippen LogP contribution in [0, 0.1) is 11.7 Å². The van der Waals surface area contributed by atoms with Crippen LogP contribution in [0.4, 0.5) is 4.39 Å². The number of rotatable bonds is 8. The quantitative estimate of drug-likeness (QED) is 0.802. The van der Waals surface area contributed by atoms with E-state index in [1.807, 2.05) is 26.8 Å². The molecule has 0 bridgehead atoms. The van der Waals surface area contributed by atoms with Gasteiger partial charge < -0.3 is 10.0 Å². The van der Waals surface area contributed by atoms with Crippen molar-refractivity contribution in [3.8, 4) is 0 Å². The van der Waals surface area contributed by atoms with Gasteiger partial charge in [0.15, 0.2) is 0 Å². The van der Waals surface area contributed by atoms with Gasteiger partial charge in [-0.05, 0) is 43.9 Å². The first-order valence-electron chi connectivity index (χ1n) is 7.55. The lowest BCUT2D eigenvalue weighted by molar-refractivity contribution is -0.139. The van der Waals surface area contributed by atoms with Crippen LogP contribution in [-0.4, -0.2) is 34.5 Å². The van der Waals surface area contributed by atoms with Gasteiger partial charge in [0.05, 0.1) is 6.42 Å². The molecule has 1 rings (SSSR count). The molecule has 122 valence electrons. The summed E-state index contributed by atoms with van der Waals surface area (Å²) in [5.41, 5.74) is 0.863. The molecule has 0 spiro atoms. The zero-order chi connectivity index (χ0) is 16.7. The number of carboxylic acids is 1. The number of carboxylic acid groups (broad SMARTS) is 1. The molecule has 0 saturated heterocycles. The van der Waals surface area contributed by atoms with Crippen molar-refractivity contribution < 1.29 is 19.1 Å². The van der Waals surface area contributed by atoms with Gasteiger partial charge in [-0.25, -0.2) is 4.39 Å². The number of carbonyl (C=O) groups excluding carboxylic acids is 1. The molecule has 1 N–H and O–H groups in total. The van der Waals surface area contributed by atoms with Gasteiger partial charge in [0, 0.05) is 19.0 Å². The largest absolute Gasteiger partial charge is 0.481 e. The second-order valence-electron chi connectivity index (χ2n) is 5.97. The maximum Gasteiger partial charge on any atom is 0.305 e. The molecule has 0 aliphatic heterocycles. The zero-order valence-electron chi connectivity index (χ0n) is 13.4. The van der Waals surface area contributed by atoms with Crippen molar-refractivity contribution in [1.29, 1.82) is 0 Å². The number of nitrogens with zero attached hydrogens (tertiary/aromatic N) is 1. The predicted molar refractivity (Wildman–Crippen MR) is 83.0 cm³/mol. The van der Waals surface area contributed by atoms with Gasteiger partial charge in [-0.3, -0.25) is 9.59 Å². The summed E-state index contributed by atoms with van der Waals surface area (Å²) in [6, 6.07) is 6.34. The molecule has 0 saturated carbocycles. The lowest BCUT2D eigenvalue weighted by atomic mass is 9.97. The van der Waals surface area contributed by atoms with Crippen LogP contribution in [-0.2, 0) is 16.0 Å². The van der Waals surface area contributed by atoms with Gasteiger partial charge in [-0.1, -0.05) is 19.1 Å². The summed E-state index contributed by atoms with van der Waals surface area (Å²) >= 11 is 0. The number of halogens is 1. The molecule has 1 aromatic rings. The Hall–Kier alpha value is -1.91. The monoisotopic (exact) mass is 309 g/mol. The van der Waals surface area contributed by atoms with Gasteiger partial charge in [0.1, 0.15) is 5.82 Å². The van der Waals surface area contributed by atoms with E-state index in [4.69, 9.17) is 5.11 Å². The highest BCUT2D eigenvalue weighted by Crippen LogP contribution is 2.15. The van der Waals surface area contributed by atoms with Crippen molar-refractivity contribution in [1.82, 2.24) is 4.90 Å². The van der Waals surface area contributed by atoms with Crippen molar-refractivity contribution in [3.05, 3.63) is 35.6 Å². The maximum absolute atomic E-state index is 13.2. The summed E-state index contributed by atoms with van der Waals surface area (Å²) < 4.78 is 13.2. The molecule has 1 atom stereocenters. The zero-order valence-corrected chi connectivity index (χ0v) is 13.4. The Morgan fingerprint density at radius 1 is 1.27 bits per heavy atom. The molecule has 1 aromatic carbocycles. The predicted octanol–water partition coefficient (Wildman–Crippen LogP) is 3.11. The third-order valence-corrected chi connectivity index (χ3v) is 3.51. The van der Waals surface area contributed by atoms with Crippen LogP contribution < -0.4 is 0 Å². The van der Waals surface area contributed by atoms with E-state index in [1.165, 1.54) is 12.1 Å². The van der Waals surface area contributed by atoms with E-state index in [-0.39, 0.29) is 36.6 Å². The first-order chi connectivity index (χ1) is 10.3. The van der Waals surface area contributed by atoms with E-state index in [9.17, 15) is 14.0 Å². The fourth-order valence-corrected chi connectivity index (χ4v) is 2.44. The summed E-state index contributed by atoms with van der Waals surface area (Å²) in [4.78, 5) is 24.6. The maximum atomic E-state index is 13.2. The molecule has 5 heteroatoms. The summed E-state index contributed by atoms with van der Waals surface area (Å²) in [5.74, 6) is -1.17. The molecule has 0 aromatic heterocycles. The highest BCUT2D eigenvalue weighted by molar-refractivity contribution is 5.77. The first-order valence-corrected chi connectivity index (χ1v) is 7.55. The van der Waals surface area contributed by atoms with E-state index in [0.29, 0.717) is 12.8 Å². The van der Waals surface area contributed by atoms with Crippen molar-refractivity contribution >= 4 is 11.9 Å². The molecular formula is C17H24FNO3. The lowest BCUT2D eigenvalue weighted by Gasteiger charge is -2.27. The molecule has 0 heterocycles. The molecule has 4 nitrogen and oxygen atoms in total. The Labute approximate surface area is 130 Å². The highest BCUT2D eigenvalue weighted by atomic mass is 19.1. The average Bonchev–Trinajstić information content (AvgIpc) is 2.37. The number of aliphatic carboxylic acids is 1. The molecule has 1 amide bonds. The summed E-state index contributed by atoms with van der Waals surface area (Å²) in [6.07, 6.45) is 0.894. The minimum Gasteiger partial charge on any atom is -0.481 e. The van der Waals surface area contributed by atoms with Crippen LogP contribution in [0.25, 0.3) is 0 Å². The molecule has 1 unspecified atom stereocenters. The molecular weight excluding hydrogens is 285 g/mol. The van der Waals surface area contributed by atoms with E-state index in [0.717, 1.165) is 5.56 Å². The Morgan fingerprint density at radius 3 is 2.50 bits per heavy atom. The normalized spacial score (nSPS) is 12.2. The molecule has 0 aliphatic carbocycles. The van der Waals surface area contributed by atoms with Crippen LogP contribution in [0.15, 0.2) is 24.3 Å². The SMILES string of the molecule is CC(CC(=O)N(CCC(=O)O)C(C)C)Cc1cccc(F)c1. The lowest BCUT2D eigenvalue weighted by Crippen LogP contribution is -2.39. The Kier molecular flexibility index (Phi) is 7.02. The minimum atomic E-state index is -0.911. The van der Waals surface area contributed by atoms with Crippen LogP contribution in [0.5, 0.6) is 0 Å². The van der Waals surface area contributed by atoms with Gasteiger partial charge >= 0.3 is 5.97 Å². The van der Waals surface area contributed by atoms with Crippen LogP contribution in [0.2, 0.25) is 0 Å². The third-order valence-electron chi connectivity index (χ3n) is 3.51. The highest BCUT2D eigenvalue weighted by Gasteiger charge is 2.20. The van der Waals surface area contributed by atoms with E-state index in [2.05, 4.69) is 0 Å². The van der Waals surface area contributed by atoms with Crippen molar-refractivity contribution in [2.45, 2.75) is 46.1 Å². The first kappa shape index (κ1) is 18.1. The Morgan fingerprint density at radius 2 is 1.95 bits per heavy atom. The number of amides is 1. The number of hydrogen-bond acceptors (Lipinski definition) is 2. The topological polar surface area (TPSA) is 57.6 Å². The van der Waals surface area contributed by atoms with Crippen molar-refractivity contribution in [2.24, 2.45) is 5.92 Å². The second-order valence-corrected chi connectivity index (χ2v) is 5.97. The average molecular weight is 309 g/mol. The fourth-order valence-electron chi connectivity index (χ4n) is 2.44. The van der Waals surface area contributed by atoms with Crippen molar-refractivity contribution in [3.63, 3.8) is 0 Å². The standard InChI is InChI=1S/C17H24FNO3/c1-12(2)19(8-7-17(21)22)16(20)10-13(3)9-14-5-4-6-15(18)11-14/h4-6,11-13H,7-10H2,1-3H3,(H,21,22). The minimum absolute atomic E-state index is 0.0341. The van der Waals surface area contributed by atoms with Gasteiger partial charge in [-0.2, -0.15) is 0 Å². The van der Waals surface area contributed by atoms with Crippen LogP contribution in [0.1, 0.15) is 39.2 Å². The molecule has 0 aliphatic rings. The number of hydrogen-bond donors (Lipinski definition) is 1. The van der Waals surface area contributed by atoms with Gasteiger partial charge in [0.25, 0.3) is 0 Å². The Balaban J connectivity index is 2.58. The number of benzene rings is 1. The Bertz CT molecular complexity index is 516. The summed E-state index contributed by atoms with van der Waals surface area (Å²) in [6.45, 7) is 5.91.